The fourth-order valence-corrected chi connectivity index (χ4v) is 2.29. The zero-order valence-corrected chi connectivity index (χ0v) is 8.87. The Morgan fingerprint density at radius 3 is 2.93 bits per heavy atom. The molecule has 0 saturated carbocycles. The second-order valence-corrected chi connectivity index (χ2v) is 3.93. The summed E-state index contributed by atoms with van der Waals surface area (Å²) in [7, 11) is 0. The topological polar surface area (TPSA) is 25.8 Å². The van der Waals surface area contributed by atoms with E-state index >= 15 is 0 Å². The molecule has 0 amide bonds. The van der Waals surface area contributed by atoms with Crippen LogP contribution in [0.15, 0.2) is 35.4 Å². The Morgan fingerprint density at radius 1 is 1.43 bits per heavy atom. The minimum absolute atomic E-state index is 0.398. The molecule has 0 aromatic carbocycles. The molecule has 14 heavy (non-hydrogen) atoms. The third-order valence-corrected chi connectivity index (χ3v) is 3.00. The van der Waals surface area contributed by atoms with Crippen LogP contribution in [-0.4, -0.2) is 9.97 Å². The molecule has 2 nitrogen and oxygen atoms in total. The zero-order valence-electron chi connectivity index (χ0n) is 8.05. The first kappa shape index (κ1) is 9.34. The molecule has 0 aliphatic heterocycles. The van der Waals surface area contributed by atoms with E-state index in [4.69, 9.17) is 0 Å². The van der Waals surface area contributed by atoms with Gasteiger partial charge in [0.1, 0.15) is 0 Å². The van der Waals surface area contributed by atoms with Crippen molar-refractivity contribution in [3.8, 4) is 0 Å². The summed E-state index contributed by atoms with van der Waals surface area (Å²) in [6.45, 7) is 2.18. The first-order valence-electron chi connectivity index (χ1n) is 4.70. The standard InChI is InChI=1S/C11H12N2S/c1-2-10(9-3-6-14-8-9)11-7-12-4-5-13-11/h3-8,10H,2H2,1H3. The first-order chi connectivity index (χ1) is 6.92. The second-order valence-electron chi connectivity index (χ2n) is 3.15. The van der Waals surface area contributed by atoms with Crippen molar-refractivity contribution in [1.29, 1.82) is 0 Å². The van der Waals surface area contributed by atoms with E-state index in [1.54, 1.807) is 23.7 Å². The molecular formula is C11H12N2S. The largest absolute Gasteiger partial charge is 0.261 e. The molecule has 2 aromatic rings. The fourth-order valence-electron chi connectivity index (χ4n) is 1.58. The summed E-state index contributed by atoms with van der Waals surface area (Å²) in [6, 6.07) is 2.16. The SMILES string of the molecule is CCC(c1ccsc1)c1cnccn1. The third-order valence-electron chi connectivity index (χ3n) is 2.29. The van der Waals surface area contributed by atoms with E-state index in [0.29, 0.717) is 5.92 Å². The molecule has 72 valence electrons. The van der Waals surface area contributed by atoms with Crippen LogP contribution >= 0.6 is 11.3 Å². The van der Waals surface area contributed by atoms with E-state index in [-0.39, 0.29) is 0 Å². The summed E-state index contributed by atoms with van der Waals surface area (Å²) in [5.41, 5.74) is 2.41. The van der Waals surface area contributed by atoms with Crippen LogP contribution in [0, 0.1) is 0 Å². The quantitative estimate of drug-likeness (QED) is 0.767. The predicted octanol–water partition coefficient (Wildman–Crippen LogP) is 3.08. The molecule has 2 heterocycles. The summed E-state index contributed by atoms with van der Waals surface area (Å²) in [5.74, 6) is 0.398. The average Bonchev–Trinajstić information content (AvgIpc) is 2.74. The monoisotopic (exact) mass is 204 g/mol. The number of aromatic nitrogens is 2. The van der Waals surface area contributed by atoms with Gasteiger partial charge in [-0.3, -0.25) is 9.97 Å². The molecule has 0 N–H and O–H groups in total. The smallest absolute Gasteiger partial charge is 0.0661 e. The van der Waals surface area contributed by atoms with Crippen molar-refractivity contribution >= 4 is 11.3 Å². The Bertz CT molecular complexity index is 369. The minimum Gasteiger partial charge on any atom is -0.261 e. The van der Waals surface area contributed by atoms with E-state index in [1.807, 2.05) is 6.20 Å². The highest BCUT2D eigenvalue weighted by molar-refractivity contribution is 7.08. The van der Waals surface area contributed by atoms with Gasteiger partial charge in [0, 0.05) is 24.5 Å². The van der Waals surface area contributed by atoms with Gasteiger partial charge in [-0.1, -0.05) is 6.92 Å². The van der Waals surface area contributed by atoms with E-state index < -0.39 is 0 Å². The van der Waals surface area contributed by atoms with Gasteiger partial charge in [-0.15, -0.1) is 0 Å². The Balaban J connectivity index is 2.31. The molecule has 0 aliphatic carbocycles. The number of hydrogen-bond acceptors (Lipinski definition) is 3. The number of rotatable bonds is 3. The highest BCUT2D eigenvalue weighted by Crippen LogP contribution is 2.27. The third kappa shape index (κ3) is 1.82. The van der Waals surface area contributed by atoms with Gasteiger partial charge in [-0.25, -0.2) is 0 Å². The lowest BCUT2D eigenvalue weighted by atomic mass is 9.96. The summed E-state index contributed by atoms with van der Waals surface area (Å²) in [6.07, 6.45) is 6.38. The van der Waals surface area contributed by atoms with Crippen LogP contribution in [0.4, 0.5) is 0 Å². The maximum absolute atomic E-state index is 4.35. The molecule has 3 heteroatoms. The van der Waals surface area contributed by atoms with Crippen LogP contribution in [0.3, 0.4) is 0 Å². The molecule has 1 atom stereocenters. The van der Waals surface area contributed by atoms with Crippen molar-refractivity contribution in [3.05, 3.63) is 46.7 Å². The molecule has 1 unspecified atom stereocenters. The Labute approximate surface area is 87.7 Å². The van der Waals surface area contributed by atoms with Crippen LogP contribution in [0.5, 0.6) is 0 Å². The Morgan fingerprint density at radius 2 is 2.36 bits per heavy atom. The fraction of sp³-hybridized carbons (Fsp3) is 0.273. The summed E-state index contributed by atoms with van der Waals surface area (Å²) in [4.78, 5) is 8.45. The second kappa shape index (κ2) is 4.33. The molecule has 0 bridgehead atoms. The van der Waals surface area contributed by atoms with Gasteiger partial charge in [0.25, 0.3) is 0 Å². The molecule has 0 spiro atoms. The highest BCUT2D eigenvalue weighted by atomic mass is 32.1. The molecule has 0 saturated heterocycles. The van der Waals surface area contributed by atoms with Crippen LogP contribution in [0.1, 0.15) is 30.5 Å². The summed E-state index contributed by atoms with van der Waals surface area (Å²) in [5, 5.41) is 4.29. The first-order valence-corrected chi connectivity index (χ1v) is 5.64. The van der Waals surface area contributed by atoms with Gasteiger partial charge in [0.05, 0.1) is 5.69 Å². The van der Waals surface area contributed by atoms with Crippen molar-refractivity contribution < 1.29 is 0 Å². The molecule has 0 aliphatic rings. The van der Waals surface area contributed by atoms with Crippen molar-refractivity contribution in [2.24, 2.45) is 0 Å². The van der Waals surface area contributed by atoms with Crippen molar-refractivity contribution in [2.75, 3.05) is 0 Å². The van der Waals surface area contributed by atoms with Gasteiger partial charge in [-0.05, 0) is 28.8 Å². The van der Waals surface area contributed by atoms with Crippen molar-refractivity contribution in [3.63, 3.8) is 0 Å². The van der Waals surface area contributed by atoms with Crippen molar-refractivity contribution in [2.45, 2.75) is 19.3 Å². The summed E-state index contributed by atoms with van der Waals surface area (Å²) < 4.78 is 0. The highest BCUT2D eigenvalue weighted by Gasteiger charge is 2.13. The van der Waals surface area contributed by atoms with Gasteiger partial charge in [0.15, 0.2) is 0 Å². The lowest BCUT2D eigenvalue weighted by molar-refractivity contribution is 0.746. The van der Waals surface area contributed by atoms with Crippen LogP contribution < -0.4 is 0 Å². The number of nitrogens with zero attached hydrogens (tertiary/aromatic N) is 2. The normalized spacial score (nSPS) is 12.6. The Hall–Kier alpha value is -1.22. The average molecular weight is 204 g/mol. The number of thiophene rings is 1. The zero-order chi connectivity index (χ0) is 9.80. The maximum Gasteiger partial charge on any atom is 0.0661 e. The molecule has 2 aromatic heterocycles. The Kier molecular flexibility index (Phi) is 2.89. The van der Waals surface area contributed by atoms with Crippen molar-refractivity contribution in [1.82, 2.24) is 9.97 Å². The van der Waals surface area contributed by atoms with E-state index in [9.17, 15) is 0 Å². The molecular weight excluding hydrogens is 192 g/mol. The lowest BCUT2D eigenvalue weighted by Gasteiger charge is -2.11. The molecule has 2 rings (SSSR count). The van der Waals surface area contributed by atoms with Crippen LogP contribution in [-0.2, 0) is 0 Å². The van der Waals surface area contributed by atoms with E-state index in [1.165, 1.54) is 5.56 Å². The van der Waals surface area contributed by atoms with Crippen LogP contribution in [0.2, 0.25) is 0 Å². The minimum atomic E-state index is 0.398. The van der Waals surface area contributed by atoms with Gasteiger partial charge in [0.2, 0.25) is 0 Å². The maximum atomic E-state index is 4.35. The molecule has 0 fully saturated rings. The predicted molar refractivity (Wildman–Crippen MR) is 58.5 cm³/mol. The lowest BCUT2D eigenvalue weighted by Crippen LogP contribution is -2.01. The van der Waals surface area contributed by atoms with E-state index in [2.05, 4.69) is 33.7 Å². The van der Waals surface area contributed by atoms with Gasteiger partial charge in [-0.2, -0.15) is 11.3 Å². The van der Waals surface area contributed by atoms with E-state index in [0.717, 1.165) is 12.1 Å². The van der Waals surface area contributed by atoms with Gasteiger partial charge >= 0.3 is 0 Å². The van der Waals surface area contributed by atoms with Crippen LogP contribution in [0.25, 0.3) is 0 Å². The number of hydrogen-bond donors (Lipinski definition) is 0. The summed E-state index contributed by atoms with van der Waals surface area (Å²) >= 11 is 1.73. The molecule has 0 radical (unpaired) electrons. The van der Waals surface area contributed by atoms with Gasteiger partial charge < -0.3 is 0 Å².